The van der Waals surface area contributed by atoms with Gasteiger partial charge in [-0.3, -0.25) is 19.3 Å². The second-order valence-electron chi connectivity index (χ2n) is 7.16. The van der Waals surface area contributed by atoms with Gasteiger partial charge in [-0.1, -0.05) is 54.6 Å². The number of carbonyl (C=O) groups excluding carboxylic acids is 1. The first-order valence-electron chi connectivity index (χ1n) is 9.81. The number of rotatable bonds is 4. The first-order valence-corrected chi connectivity index (χ1v) is 9.81. The highest BCUT2D eigenvalue weighted by atomic mass is 16.1. The van der Waals surface area contributed by atoms with E-state index in [2.05, 4.69) is 15.2 Å². The van der Waals surface area contributed by atoms with Crippen molar-refractivity contribution >= 4 is 11.5 Å². The van der Waals surface area contributed by atoms with Gasteiger partial charge in [0.15, 0.2) is 11.6 Å². The van der Waals surface area contributed by atoms with E-state index >= 15 is 0 Å². The van der Waals surface area contributed by atoms with Crippen molar-refractivity contribution in [3.05, 3.63) is 107 Å². The van der Waals surface area contributed by atoms with Crippen molar-refractivity contribution in [2.75, 3.05) is 0 Å². The quantitative estimate of drug-likeness (QED) is 0.489. The van der Waals surface area contributed by atoms with Crippen LogP contribution in [0.5, 0.6) is 0 Å². The van der Waals surface area contributed by atoms with Crippen molar-refractivity contribution in [2.45, 2.75) is 19.4 Å². The minimum atomic E-state index is -0.469. The molecule has 0 fully saturated rings. The molecule has 0 saturated heterocycles. The Morgan fingerprint density at radius 1 is 0.933 bits per heavy atom. The molecule has 2 aromatic heterocycles. The molecule has 0 spiro atoms. The molecule has 1 aliphatic heterocycles. The van der Waals surface area contributed by atoms with Crippen LogP contribution in [0.3, 0.4) is 0 Å². The van der Waals surface area contributed by atoms with Gasteiger partial charge in [-0.15, -0.1) is 10.2 Å². The summed E-state index contributed by atoms with van der Waals surface area (Å²) in [6.07, 6.45) is 1.79. The van der Waals surface area contributed by atoms with Crippen LogP contribution in [-0.4, -0.2) is 31.2 Å². The van der Waals surface area contributed by atoms with Crippen molar-refractivity contribution in [1.82, 2.24) is 19.7 Å². The van der Waals surface area contributed by atoms with Crippen LogP contribution in [0.2, 0.25) is 0 Å². The maximum absolute atomic E-state index is 13.0. The molecule has 1 unspecified atom stereocenters. The number of carbonyl (C=O) groups is 1. The zero-order chi connectivity index (χ0) is 20.5. The molecule has 0 bridgehead atoms. The van der Waals surface area contributed by atoms with E-state index < -0.39 is 6.04 Å². The number of hydrogen-bond donors (Lipinski definition) is 0. The molecule has 0 saturated carbocycles. The standard InChI is InChI=1S/C24H19N5O/c1-16-27-28-24-20(15-22(30)19-12-7-8-14-25-19)26-23(17-9-3-2-4-10-17)18-11-5-6-13-21(18)29(16)24/h2-14,20H,15H2,1H3. The van der Waals surface area contributed by atoms with Gasteiger partial charge in [-0.05, 0) is 25.1 Å². The summed E-state index contributed by atoms with van der Waals surface area (Å²) in [5.41, 5.74) is 4.22. The Morgan fingerprint density at radius 3 is 2.50 bits per heavy atom. The number of aryl methyl sites for hydroxylation is 1. The van der Waals surface area contributed by atoms with E-state index in [9.17, 15) is 4.79 Å². The van der Waals surface area contributed by atoms with Crippen LogP contribution in [0.4, 0.5) is 0 Å². The highest BCUT2D eigenvalue weighted by molar-refractivity contribution is 6.15. The Kier molecular flexibility index (Phi) is 4.52. The van der Waals surface area contributed by atoms with Gasteiger partial charge in [0.1, 0.15) is 17.6 Å². The molecular formula is C24H19N5O. The zero-order valence-electron chi connectivity index (χ0n) is 16.4. The molecule has 2 aromatic carbocycles. The van der Waals surface area contributed by atoms with Crippen LogP contribution >= 0.6 is 0 Å². The fourth-order valence-corrected chi connectivity index (χ4v) is 3.82. The smallest absolute Gasteiger partial charge is 0.183 e. The average Bonchev–Trinajstić information content (AvgIpc) is 3.12. The lowest BCUT2D eigenvalue weighted by Crippen LogP contribution is -2.12. The second-order valence-corrected chi connectivity index (χ2v) is 7.16. The molecule has 6 heteroatoms. The van der Waals surface area contributed by atoms with Gasteiger partial charge in [0.25, 0.3) is 0 Å². The van der Waals surface area contributed by atoms with E-state index in [0.717, 1.165) is 28.4 Å². The molecule has 146 valence electrons. The number of nitrogens with zero attached hydrogens (tertiary/aromatic N) is 5. The Hall–Kier alpha value is -3.93. The molecule has 5 rings (SSSR count). The third-order valence-corrected chi connectivity index (χ3v) is 5.21. The van der Waals surface area contributed by atoms with Crippen molar-refractivity contribution in [3.63, 3.8) is 0 Å². The number of aromatic nitrogens is 4. The lowest BCUT2D eigenvalue weighted by atomic mass is 10.0. The summed E-state index contributed by atoms with van der Waals surface area (Å²) in [5, 5.41) is 8.69. The minimum absolute atomic E-state index is 0.0741. The molecule has 0 amide bonds. The first kappa shape index (κ1) is 18.1. The largest absolute Gasteiger partial charge is 0.292 e. The van der Waals surface area contributed by atoms with Gasteiger partial charge in [-0.2, -0.15) is 0 Å². The monoisotopic (exact) mass is 393 g/mol. The van der Waals surface area contributed by atoms with Crippen LogP contribution < -0.4 is 0 Å². The number of aliphatic imine (C=N–C) groups is 1. The van der Waals surface area contributed by atoms with E-state index in [4.69, 9.17) is 4.99 Å². The van der Waals surface area contributed by atoms with Crippen LogP contribution in [-0.2, 0) is 0 Å². The molecular weight excluding hydrogens is 374 g/mol. The predicted octanol–water partition coefficient (Wildman–Crippen LogP) is 4.14. The fraction of sp³-hybridized carbons (Fsp3) is 0.125. The Morgan fingerprint density at radius 2 is 1.70 bits per heavy atom. The van der Waals surface area contributed by atoms with Crippen molar-refractivity contribution in [1.29, 1.82) is 0 Å². The van der Waals surface area contributed by atoms with E-state index in [1.54, 1.807) is 18.3 Å². The summed E-state index contributed by atoms with van der Waals surface area (Å²) >= 11 is 0. The lowest BCUT2D eigenvalue weighted by Gasteiger charge is -2.12. The van der Waals surface area contributed by atoms with Gasteiger partial charge in [0.05, 0.1) is 11.4 Å². The van der Waals surface area contributed by atoms with Crippen molar-refractivity contribution < 1.29 is 4.79 Å². The van der Waals surface area contributed by atoms with Gasteiger partial charge in [-0.25, -0.2) is 0 Å². The third-order valence-electron chi connectivity index (χ3n) is 5.21. The molecule has 1 aliphatic rings. The number of para-hydroxylation sites is 1. The molecule has 4 aromatic rings. The van der Waals surface area contributed by atoms with Crippen molar-refractivity contribution in [3.8, 4) is 5.69 Å². The number of Topliss-reactive ketones (excluding diaryl/α,β-unsaturated/α-hetero) is 1. The van der Waals surface area contributed by atoms with Gasteiger partial charge >= 0.3 is 0 Å². The summed E-state index contributed by atoms with van der Waals surface area (Å²) in [6.45, 7) is 1.92. The van der Waals surface area contributed by atoms with E-state index in [1.807, 2.05) is 72.2 Å². The zero-order valence-corrected chi connectivity index (χ0v) is 16.4. The Bertz CT molecular complexity index is 1250. The Balaban J connectivity index is 1.68. The Labute approximate surface area is 174 Å². The normalized spacial score (nSPS) is 15.0. The third kappa shape index (κ3) is 3.12. The summed E-state index contributed by atoms with van der Waals surface area (Å²) in [6, 6.07) is 23.0. The van der Waals surface area contributed by atoms with Crippen LogP contribution in [0, 0.1) is 6.92 Å². The highest BCUT2D eigenvalue weighted by Crippen LogP contribution is 2.32. The molecule has 30 heavy (non-hydrogen) atoms. The number of ketones is 1. The molecule has 0 aliphatic carbocycles. The first-order chi connectivity index (χ1) is 14.7. The maximum atomic E-state index is 13.0. The van der Waals surface area contributed by atoms with E-state index in [0.29, 0.717) is 11.5 Å². The van der Waals surface area contributed by atoms with Crippen LogP contribution in [0.1, 0.15) is 45.7 Å². The highest BCUT2D eigenvalue weighted by Gasteiger charge is 2.29. The average molecular weight is 393 g/mol. The number of pyridine rings is 1. The second kappa shape index (κ2) is 7.48. The SMILES string of the molecule is Cc1nnc2n1-c1ccccc1C(c1ccccc1)=NC2CC(=O)c1ccccn1. The van der Waals surface area contributed by atoms with Gasteiger partial charge < -0.3 is 0 Å². The van der Waals surface area contributed by atoms with Crippen molar-refractivity contribution in [2.24, 2.45) is 4.99 Å². The molecule has 0 N–H and O–H groups in total. The van der Waals surface area contributed by atoms with Crippen LogP contribution in [0.15, 0.2) is 84.0 Å². The molecule has 3 heterocycles. The van der Waals surface area contributed by atoms with Gasteiger partial charge in [0, 0.05) is 23.7 Å². The molecule has 6 nitrogen and oxygen atoms in total. The number of benzene rings is 2. The fourth-order valence-electron chi connectivity index (χ4n) is 3.82. The predicted molar refractivity (Wildman–Crippen MR) is 114 cm³/mol. The summed E-state index contributed by atoms with van der Waals surface area (Å²) in [4.78, 5) is 22.2. The molecule has 1 atom stereocenters. The van der Waals surface area contributed by atoms with E-state index in [-0.39, 0.29) is 12.2 Å². The summed E-state index contributed by atoms with van der Waals surface area (Å²) in [7, 11) is 0. The topological polar surface area (TPSA) is 73.0 Å². The van der Waals surface area contributed by atoms with Crippen LogP contribution in [0.25, 0.3) is 5.69 Å². The lowest BCUT2D eigenvalue weighted by molar-refractivity contribution is 0.0968. The summed E-state index contributed by atoms with van der Waals surface area (Å²) in [5.74, 6) is 1.35. The number of hydrogen-bond acceptors (Lipinski definition) is 5. The molecule has 0 radical (unpaired) electrons. The van der Waals surface area contributed by atoms with Gasteiger partial charge in [0.2, 0.25) is 0 Å². The number of fused-ring (bicyclic) bond motifs is 3. The van der Waals surface area contributed by atoms with E-state index in [1.165, 1.54) is 0 Å². The minimum Gasteiger partial charge on any atom is -0.292 e. The maximum Gasteiger partial charge on any atom is 0.183 e. The summed E-state index contributed by atoms with van der Waals surface area (Å²) < 4.78 is 2.01.